The molecule has 0 aromatic rings. The van der Waals surface area contributed by atoms with Crippen molar-refractivity contribution in [1.29, 1.82) is 0 Å². The zero-order chi connectivity index (χ0) is 8.48. The molecule has 2 heteroatoms. The van der Waals surface area contributed by atoms with Crippen molar-refractivity contribution in [2.24, 2.45) is 5.41 Å². The first-order valence-electron chi connectivity index (χ1n) is 4.38. The highest BCUT2D eigenvalue weighted by atomic mass is 16.5. The molecule has 1 aliphatic carbocycles. The highest BCUT2D eigenvalue weighted by Crippen LogP contribution is 2.53. The third kappa shape index (κ3) is 1.42. The minimum Gasteiger partial charge on any atom is -0.393 e. The second-order valence-electron chi connectivity index (χ2n) is 3.54. The molecule has 1 fully saturated rings. The van der Waals surface area contributed by atoms with Crippen molar-refractivity contribution < 1.29 is 9.84 Å². The predicted octanol–water partition coefficient (Wildman–Crippen LogP) is 1.57. The van der Waals surface area contributed by atoms with Crippen molar-refractivity contribution in [2.75, 3.05) is 7.11 Å². The van der Waals surface area contributed by atoms with Gasteiger partial charge in [-0.2, -0.15) is 0 Å². The average molecular weight is 158 g/mol. The van der Waals surface area contributed by atoms with Gasteiger partial charge in [0.15, 0.2) is 0 Å². The molecule has 2 unspecified atom stereocenters. The Bertz CT molecular complexity index is 124. The summed E-state index contributed by atoms with van der Waals surface area (Å²) in [6.07, 6.45) is 3.28. The normalized spacial score (nSPS) is 26.2. The Hall–Kier alpha value is -0.0800. The molecule has 11 heavy (non-hydrogen) atoms. The summed E-state index contributed by atoms with van der Waals surface area (Å²) in [5, 5.41) is 9.50. The molecular formula is C9H18O2. The maximum atomic E-state index is 9.50. The molecule has 1 saturated carbocycles. The van der Waals surface area contributed by atoms with Gasteiger partial charge in [0.25, 0.3) is 0 Å². The zero-order valence-electron chi connectivity index (χ0n) is 7.63. The Morgan fingerprint density at radius 3 is 2.18 bits per heavy atom. The van der Waals surface area contributed by atoms with Gasteiger partial charge in [0.1, 0.15) is 0 Å². The van der Waals surface area contributed by atoms with E-state index in [0.29, 0.717) is 0 Å². The van der Waals surface area contributed by atoms with E-state index in [4.69, 9.17) is 4.74 Å². The van der Waals surface area contributed by atoms with E-state index < -0.39 is 0 Å². The third-order valence-corrected chi connectivity index (χ3v) is 2.96. The molecule has 1 aliphatic rings. The van der Waals surface area contributed by atoms with Gasteiger partial charge in [-0.05, 0) is 26.2 Å². The fraction of sp³-hybridized carbons (Fsp3) is 1.00. The molecule has 2 nitrogen and oxygen atoms in total. The number of ether oxygens (including phenoxy) is 1. The summed E-state index contributed by atoms with van der Waals surface area (Å²) in [6.45, 7) is 3.98. The standard InChI is InChI=1S/C9H18O2/c1-4-8(11-3)9(5-6-9)7(2)10/h7-8,10H,4-6H2,1-3H3. The molecule has 2 atom stereocenters. The van der Waals surface area contributed by atoms with Gasteiger partial charge in [0, 0.05) is 12.5 Å². The summed E-state index contributed by atoms with van der Waals surface area (Å²) in [4.78, 5) is 0. The van der Waals surface area contributed by atoms with Gasteiger partial charge in [-0.3, -0.25) is 0 Å². The molecule has 0 aromatic carbocycles. The van der Waals surface area contributed by atoms with E-state index in [1.54, 1.807) is 7.11 Å². The van der Waals surface area contributed by atoms with Crippen LogP contribution in [0.2, 0.25) is 0 Å². The molecule has 0 aromatic heterocycles. The first-order valence-corrected chi connectivity index (χ1v) is 4.38. The Balaban J connectivity index is 2.55. The molecule has 66 valence electrons. The van der Waals surface area contributed by atoms with Gasteiger partial charge < -0.3 is 9.84 Å². The topological polar surface area (TPSA) is 29.5 Å². The van der Waals surface area contributed by atoms with E-state index in [9.17, 15) is 5.11 Å². The summed E-state index contributed by atoms with van der Waals surface area (Å²) in [7, 11) is 1.73. The third-order valence-electron chi connectivity index (χ3n) is 2.96. The van der Waals surface area contributed by atoms with Crippen molar-refractivity contribution >= 4 is 0 Å². The van der Waals surface area contributed by atoms with Crippen LogP contribution in [0.4, 0.5) is 0 Å². The Morgan fingerprint density at radius 2 is 2.09 bits per heavy atom. The van der Waals surface area contributed by atoms with E-state index in [-0.39, 0.29) is 17.6 Å². The summed E-state index contributed by atoms with van der Waals surface area (Å²) >= 11 is 0. The van der Waals surface area contributed by atoms with Crippen LogP contribution in [0.25, 0.3) is 0 Å². The van der Waals surface area contributed by atoms with Crippen LogP contribution in [-0.2, 0) is 4.74 Å². The Morgan fingerprint density at radius 1 is 1.55 bits per heavy atom. The van der Waals surface area contributed by atoms with Crippen molar-refractivity contribution in [1.82, 2.24) is 0 Å². The number of hydrogen-bond donors (Lipinski definition) is 1. The van der Waals surface area contributed by atoms with E-state index >= 15 is 0 Å². The number of rotatable bonds is 4. The largest absolute Gasteiger partial charge is 0.393 e. The van der Waals surface area contributed by atoms with Gasteiger partial charge in [-0.25, -0.2) is 0 Å². The molecule has 0 aliphatic heterocycles. The lowest BCUT2D eigenvalue weighted by molar-refractivity contribution is -0.0244. The quantitative estimate of drug-likeness (QED) is 0.673. The molecule has 0 heterocycles. The highest BCUT2D eigenvalue weighted by Gasteiger charge is 2.52. The van der Waals surface area contributed by atoms with Gasteiger partial charge in [0.05, 0.1) is 12.2 Å². The van der Waals surface area contributed by atoms with Gasteiger partial charge in [-0.1, -0.05) is 6.92 Å². The lowest BCUT2D eigenvalue weighted by Crippen LogP contribution is -2.32. The molecule has 1 N–H and O–H groups in total. The summed E-state index contributed by atoms with van der Waals surface area (Å²) in [6, 6.07) is 0. The van der Waals surface area contributed by atoms with Gasteiger partial charge in [0.2, 0.25) is 0 Å². The van der Waals surface area contributed by atoms with E-state index in [1.807, 2.05) is 6.92 Å². The molecule has 0 spiro atoms. The van der Waals surface area contributed by atoms with Crippen LogP contribution in [0.1, 0.15) is 33.1 Å². The van der Waals surface area contributed by atoms with Crippen LogP contribution in [0, 0.1) is 5.41 Å². The second kappa shape index (κ2) is 3.11. The minimum atomic E-state index is -0.215. The average Bonchev–Trinajstić information content (AvgIpc) is 2.71. The minimum absolute atomic E-state index is 0.101. The molecule has 1 rings (SSSR count). The summed E-state index contributed by atoms with van der Waals surface area (Å²) in [5.41, 5.74) is 0.101. The predicted molar refractivity (Wildman–Crippen MR) is 44.4 cm³/mol. The lowest BCUT2D eigenvalue weighted by Gasteiger charge is -2.27. The maximum absolute atomic E-state index is 9.50. The zero-order valence-corrected chi connectivity index (χ0v) is 7.63. The van der Waals surface area contributed by atoms with Crippen LogP contribution in [0.15, 0.2) is 0 Å². The highest BCUT2D eigenvalue weighted by molar-refractivity contribution is 5.02. The first kappa shape index (κ1) is 9.01. The van der Waals surface area contributed by atoms with E-state index in [1.165, 1.54) is 0 Å². The molecule has 0 amide bonds. The van der Waals surface area contributed by atoms with Crippen LogP contribution in [0.5, 0.6) is 0 Å². The fourth-order valence-electron chi connectivity index (χ4n) is 1.96. The Kier molecular flexibility index (Phi) is 2.55. The van der Waals surface area contributed by atoms with Gasteiger partial charge >= 0.3 is 0 Å². The number of aliphatic hydroxyl groups excluding tert-OH is 1. The van der Waals surface area contributed by atoms with Crippen LogP contribution >= 0.6 is 0 Å². The number of aliphatic hydroxyl groups is 1. The second-order valence-corrected chi connectivity index (χ2v) is 3.54. The van der Waals surface area contributed by atoms with Crippen molar-refractivity contribution in [2.45, 2.75) is 45.3 Å². The smallest absolute Gasteiger partial charge is 0.0649 e. The van der Waals surface area contributed by atoms with E-state index in [2.05, 4.69) is 6.92 Å². The number of methoxy groups -OCH3 is 1. The monoisotopic (exact) mass is 158 g/mol. The molecule has 0 bridgehead atoms. The number of hydrogen-bond acceptors (Lipinski definition) is 2. The fourth-order valence-corrected chi connectivity index (χ4v) is 1.96. The van der Waals surface area contributed by atoms with Crippen molar-refractivity contribution in [3.63, 3.8) is 0 Å². The van der Waals surface area contributed by atoms with Crippen LogP contribution in [0.3, 0.4) is 0 Å². The lowest BCUT2D eigenvalue weighted by atomic mass is 9.91. The van der Waals surface area contributed by atoms with Gasteiger partial charge in [-0.15, -0.1) is 0 Å². The molecule has 0 saturated heterocycles. The summed E-state index contributed by atoms with van der Waals surface area (Å²) < 4.78 is 5.33. The van der Waals surface area contributed by atoms with Crippen LogP contribution < -0.4 is 0 Å². The molecular weight excluding hydrogens is 140 g/mol. The van der Waals surface area contributed by atoms with Crippen LogP contribution in [-0.4, -0.2) is 24.4 Å². The van der Waals surface area contributed by atoms with E-state index in [0.717, 1.165) is 19.3 Å². The molecule has 0 radical (unpaired) electrons. The SMILES string of the molecule is CCC(OC)C1(C(C)O)CC1. The first-order chi connectivity index (χ1) is 5.17. The summed E-state index contributed by atoms with van der Waals surface area (Å²) in [5.74, 6) is 0. The van der Waals surface area contributed by atoms with Crippen molar-refractivity contribution in [3.8, 4) is 0 Å². The maximum Gasteiger partial charge on any atom is 0.0649 e. The Labute approximate surface area is 68.6 Å². The van der Waals surface area contributed by atoms with Crippen molar-refractivity contribution in [3.05, 3.63) is 0 Å².